The maximum atomic E-state index is 12.3. The molecule has 3 aromatic rings. The number of rotatable bonds is 5. The minimum Gasteiger partial charge on any atom is -0.497 e. The third-order valence-corrected chi connectivity index (χ3v) is 3.56. The van der Waals surface area contributed by atoms with Crippen LogP contribution in [0.5, 0.6) is 5.75 Å². The van der Waals surface area contributed by atoms with Gasteiger partial charge in [-0.3, -0.25) is 14.9 Å². The van der Waals surface area contributed by atoms with Gasteiger partial charge in [0.25, 0.3) is 11.6 Å². The van der Waals surface area contributed by atoms with E-state index < -0.39 is 4.92 Å². The molecule has 130 valence electrons. The molecule has 0 unspecified atom stereocenters. The van der Waals surface area contributed by atoms with E-state index in [4.69, 9.17) is 4.74 Å². The molecule has 1 heterocycles. The standard InChI is InChI=1S/C18H14N4O4/c1-26-16-7-3-5-14(9-16)21-18(23)13-10-19-17(20-11-13)12-4-2-6-15(8-12)22(24)25/h2-11H,1H3,(H,21,23). The van der Waals surface area contributed by atoms with Crippen molar-refractivity contribution in [2.75, 3.05) is 12.4 Å². The van der Waals surface area contributed by atoms with Crippen molar-refractivity contribution in [3.05, 3.63) is 76.6 Å². The maximum Gasteiger partial charge on any atom is 0.270 e. The number of amides is 1. The number of anilines is 1. The molecular weight excluding hydrogens is 336 g/mol. The van der Waals surface area contributed by atoms with Crippen LogP contribution in [-0.4, -0.2) is 27.9 Å². The number of non-ortho nitro benzene ring substituents is 1. The lowest BCUT2D eigenvalue weighted by Crippen LogP contribution is -2.12. The Morgan fingerprint density at radius 1 is 1.12 bits per heavy atom. The zero-order valence-corrected chi connectivity index (χ0v) is 13.7. The van der Waals surface area contributed by atoms with Crippen LogP contribution in [0.15, 0.2) is 60.9 Å². The summed E-state index contributed by atoms with van der Waals surface area (Å²) in [5, 5.41) is 13.6. The van der Waals surface area contributed by atoms with Crippen LogP contribution in [0.4, 0.5) is 11.4 Å². The average molecular weight is 350 g/mol. The van der Waals surface area contributed by atoms with Crippen molar-refractivity contribution in [1.29, 1.82) is 0 Å². The lowest BCUT2D eigenvalue weighted by Gasteiger charge is -2.07. The van der Waals surface area contributed by atoms with Crippen LogP contribution in [0.3, 0.4) is 0 Å². The van der Waals surface area contributed by atoms with Crippen LogP contribution >= 0.6 is 0 Å². The van der Waals surface area contributed by atoms with Crippen molar-refractivity contribution >= 4 is 17.3 Å². The quantitative estimate of drug-likeness (QED) is 0.559. The van der Waals surface area contributed by atoms with E-state index in [2.05, 4.69) is 15.3 Å². The Morgan fingerprint density at radius 3 is 2.54 bits per heavy atom. The summed E-state index contributed by atoms with van der Waals surface area (Å²) in [5.41, 5.74) is 1.30. The number of methoxy groups -OCH3 is 1. The minimum atomic E-state index is -0.487. The Morgan fingerprint density at radius 2 is 1.85 bits per heavy atom. The molecule has 0 spiro atoms. The highest BCUT2D eigenvalue weighted by atomic mass is 16.6. The van der Waals surface area contributed by atoms with Gasteiger partial charge in [0.15, 0.2) is 5.82 Å². The molecule has 2 aromatic carbocycles. The molecule has 1 amide bonds. The first kappa shape index (κ1) is 17.0. The van der Waals surface area contributed by atoms with Crippen LogP contribution < -0.4 is 10.1 Å². The third-order valence-electron chi connectivity index (χ3n) is 3.56. The van der Waals surface area contributed by atoms with Gasteiger partial charge in [0.2, 0.25) is 0 Å². The van der Waals surface area contributed by atoms with E-state index in [0.29, 0.717) is 22.8 Å². The number of nitro benzene ring substituents is 1. The number of carbonyl (C=O) groups is 1. The zero-order valence-electron chi connectivity index (χ0n) is 13.7. The first-order chi connectivity index (χ1) is 12.6. The van der Waals surface area contributed by atoms with Gasteiger partial charge in [-0.1, -0.05) is 18.2 Å². The molecule has 0 bridgehead atoms. The van der Waals surface area contributed by atoms with Crippen molar-refractivity contribution < 1.29 is 14.5 Å². The molecule has 0 aliphatic heterocycles. The van der Waals surface area contributed by atoms with Crippen LogP contribution in [-0.2, 0) is 0 Å². The van der Waals surface area contributed by atoms with Crippen LogP contribution in [0, 0.1) is 10.1 Å². The summed E-state index contributed by atoms with van der Waals surface area (Å²) >= 11 is 0. The Kier molecular flexibility index (Phi) is 4.84. The lowest BCUT2D eigenvalue weighted by atomic mass is 10.2. The highest BCUT2D eigenvalue weighted by molar-refractivity contribution is 6.04. The molecule has 1 aromatic heterocycles. The van der Waals surface area contributed by atoms with Crippen molar-refractivity contribution in [2.24, 2.45) is 0 Å². The minimum absolute atomic E-state index is 0.0501. The Hall–Kier alpha value is -3.81. The second kappa shape index (κ2) is 7.39. The Balaban J connectivity index is 1.77. The molecule has 0 saturated heterocycles. The molecule has 0 fully saturated rings. The molecule has 0 atom stereocenters. The predicted octanol–water partition coefficient (Wildman–Crippen LogP) is 3.31. The fourth-order valence-electron chi connectivity index (χ4n) is 2.26. The summed E-state index contributed by atoms with van der Waals surface area (Å²) in [5.74, 6) is 0.551. The number of hydrogen-bond donors (Lipinski definition) is 1. The molecular formula is C18H14N4O4. The monoisotopic (exact) mass is 350 g/mol. The predicted molar refractivity (Wildman–Crippen MR) is 95.1 cm³/mol. The van der Waals surface area contributed by atoms with Gasteiger partial charge >= 0.3 is 0 Å². The maximum absolute atomic E-state index is 12.3. The largest absolute Gasteiger partial charge is 0.497 e. The third kappa shape index (κ3) is 3.81. The Labute approximate surface area is 148 Å². The van der Waals surface area contributed by atoms with Crippen LogP contribution in [0.2, 0.25) is 0 Å². The summed E-state index contributed by atoms with van der Waals surface area (Å²) in [6.07, 6.45) is 2.74. The summed E-state index contributed by atoms with van der Waals surface area (Å²) in [6.45, 7) is 0. The fraction of sp³-hybridized carbons (Fsp3) is 0.0556. The molecule has 3 rings (SSSR count). The molecule has 0 saturated carbocycles. The van der Waals surface area contributed by atoms with E-state index in [9.17, 15) is 14.9 Å². The number of aromatic nitrogens is 2. The molecule has 8 heteroatoms. The molecule has 26 heavy (non-hydrogen) atoms. The zero-order chi connectivity index (χ0) is 18.5. The van der Waals surface area contributed by atoms with E-state index in [1.807, 2.05) is 0 Å². The number of ether oxygens (including phenoxy) is 1. The van der Waals surface area contributed by atoms with Gasteiger partial charge in [-0.15, -0.1) is 0 Å². The average Bonchev–Trinajstić information content (AvgIpc) is 2.68. The van der Waals surface area contributed by atoms with Gasteiger partial charge in [0, 0.05) is 41.8 Å². The van der Waals surface area contributed by atoms with E-state index in [0.717, 1.165) is 0 Å². The van der Waals surface area contributed by atoms with E-state index in [1.165, 1.54) is 24.5 Å². The van der Waals surface area contributed by atoms with Gasteiger partial charge in [-0.2, -0.15) is 0 Å². The van der Waals surface area contributed by atoms with Gasteiger partial charge in [-0.25, -0.2) is 9.97 Å². The van der Waals surface area contributed by atoms with Crippen molar-refractivity contribution in [3.63, 3.8) is 0 Å². The normalized spacial score (nSPS) is 10.2. The van der Waals surface area contributed by atoms with E-state index in [-0.39, 0.29) is 17.2 Å². The summed E-state index contributed by atoms with van der Waals surface area (Å²) in [6, 6.07) is 12.9. The molecule has 0 aliphatic rings. The SMILES string of the molecule is COc1cccc(NC(=O)c2cnc(-c3cccc([N+](=O)[O-])c3)nc2)c1. The van der Waals surface area contributed by atoms with Crippen LogP contribution in [0.25, 0.3) is 11.4 Å². The number of nitrogens with one attached hydrogen (secondary N) is 1. The topological polar surface area (TPSA) is 107 Å². The number of nitro groups is 1. The number of nitrogens with zero attached hydrogens (tertiary/aromatic N) is 3. The molecule has 8 nitrogen and oxygen atoms in total. The summed E-state index contributed by atoms with van der Waals surface area (Å²) in [4.78, 5) is 30.9. The van der Waals surface area contributed by atoms with Crippen LogP contribution in [0.1, 0.15) is 10.4 Å². The van der Waals surface area contributed by atoms with E-state index in [1.54, 1.807) is 43.5 Å². The first-order valence-electron chi connectivity index (χ1n) is 7.59. The highest BCUT2D eigenvalue weighted by Crippen LogP contribution is 2.21. The molecule has 0 radical (unpaired) electrons. The first-order valence-corrected chi connectivity index (χ1v) is 7.59. The van der Waals surface area contributed by atoms with Gasteiger partial charge in [-0.05, 0) is 12.1 Å². The van der Waals surface area contributed by atoms with Crippen molar-refractivity contribution in [1.82, 2.24) is 9.97 Å². The Bertz CT molecular complexity index is 957. The van der Waals surface area contributed by atoms with Crippen molar-refractivity contribution in [3.8, 4) is 17.1 Å². The number of benzene rings is 2. The highest BCUT2D eigenvalue weighted by Gasteiger charge is 2.11. The number of carbonyl (C=O) groups excluding carboxylic acids is 1. The summed E-state index contributed by atoms with van der Waals surface area (Å²) < 4.78 is 5.11. The molecule has 1 N–H and O–H groups in total. The smallest absolute Gasteiger partial charge is 0.270 e. The van der Waals surface area contributed by atoms with Crippen molar-refractivity contribution in [2.45, 2.75) is 0 Å². The van der Waals surface area contributed by atoms with E-state index >= 15 is 0 Å². The summed E-state index contributed by atoms with van der Waals surface area (Å²) in [7, 11) is 1.54. The second-order valence-electron chi connectivity index (χ2n) is 5.29. The van der Waals surface area contributed by atoms with Gasteiger partial charge in [0.05, 0.1) is 17.6 Å². The number of hydrogen-bond acceptors (Lipinski definition) is 6. The van der Waals surface area contributed by atoms with Gasteiger partial charge in [0.1, 0.15) is 5.75 Å². The van der Waals surface area contributed by atoms with Gasteiger partial charge < -0.3 is 10.1 Å². The second-order valence-corrected chi connectivity index (χ2v) is 5.29. The fourth-order valence-corrected chi connectivity index (χ4v) is 2.26. The lowest BCUT2D eigenvalue weighted by molar-refractivity contribution is -0.384. The molecule has 0 aliphatic carbocycles.